The molecular weight excluding hydrogens is 278 g/mol. The Balaban J connectivity index is 2.83. The number of benzene rings is 1. The normalized spacial score (nSPS) is 11.9. The molecule has 0 aliphatic heterocycles. The van der Waals surface area contributed by atoms with Crippen LogP contribution in [0.2, 0.25) is 0 Å². The molecule has 0 fully saturated rings. The van der Waals surface area contributed by atoms with Crippen LogP contribution in [0.15, 0.2) is 29.2 Å². The van der Waals surface area contributed by atoms with Crippen molar-refractivity contribution in [3.63, 3.8) is 0 Å². The van der Waals surface area contributed by atoms with E-state index in [1.165, 1.54) is 18.9 Å². The van der Waals surface area contributed by atoms with E-state index in [1.807, 2.05) is 13.0 Å². The molecule has 0 heterocycles. The standard InChI is InChI=1S/C14H19NO4S/c1-3-6-12(14(17)18)20-11-8-5-4-7-10(11)15-13(16)9-19-2/h4-5,7-8,12H,3,6,9H2,1-2H3,(H,15,16)(H,17,18)/t12-/m1/s1. The number of carboxylic acid groups (broad SMARTS) is 1. The van der Waals surface area contributed by atoms with E-state index >= 15 is 0 Å². The molecule has 0 radical (unpaired) electrons. The number of carboxylic acids is 1. The average Bonchev–Trinajstić information content (AvgIpc) is 2.40. The van der Waals surface area contributed by atoms with Crippen molar-refractivity contribution in [2.45, 2.75) is 29.9 Å². The summed E-state index contributed by atoms with van der Waals surface area (Å²) in [4.78, 5) is 23.5. The zero-order valence-electron chi connectivity index (χ0n) is 11.6. The number of amides is 1. The number of ether oxygens (including phenoxy) is 1. The summed E-state index contributed by atoms with van der Waals surface area (Å²) >= 11 is 1.25. The molecule has 2 N–H and O–H groups in total. The van der Waals surface area contributed by atoms with E-state index in [-0.39, 0.29) is 12.5 Å². The van der Waals surface area contributed by atoms with E-state index in [0.29, 0.717) is 12.1 Å². The van der Waals surface area contributed by atoms with Gasteiger partial charge in [0, 0.05) is 12.0 Å². The Labute approximate surface area is 122 Å². The minimum Gasteiger partial charge on any atom is -0.480 e. The van der Waals surface area contributed by atoms with E-state index < -0.39 is 11.2 Å². The number of rotatable bonds is 8. The number of aliphatic carboxylic acids is 1. The molecule has 0 unspecified atom stereocenters. The first-order chi connectivity index (χ1) is 9.58. The fraction of sp³-hybridized carbons (Fsp3) is 0.429. The molecule has 0 aliphatic rings. The minimum atomic E-state index is -0.838. The van der Waals surface area contributed by atoms with Crippen molar-refractivity contribution in [3.05, 3.63) is 24.3 Å². The van der Waals surface area contributed by atoms with Crippen molar-refractivity contribution in [1.29, 1.82) is 0 Å². The zero-order valence-corrected chi connectivity index (χ0v) is 12.4. The minimum absolute atomic E-state index is 0.0314. The van der Waals surface area contributed by atoms with Gasteiger partial charge in [0.2, 0.25) is 5.91 Å². The first-order valence-corrected chi connectivity index (χ1v) is 7.23. The van der Waals surface area contributed by atoms with Crippen LogP contribution in [0.5, 0.6) is 0 Å². The molecule has 0 bridgehead atoms. The van der Waals surface area contributed by atoms with Gasteiger partial charge in [0.25, 0.3) is 0 Å². The molecule has 1 aromatic carbocycles. The van der Waals surface area contributed by atoms with Gasteiger partial charge in [-0.2, -0.15) is 0 Å². The lowest BCUT2D eigenvalue weighted by molar-refractivity contribution is -0.136. The van der Waals surface area contributed by atoms with Crippen molar-refractivity contribution in [2.24, 2.45) is 0 Å². The lowest BCUT2D eigenvalue weighted by Gasteiger charge is -2.14. The summed E-state index contributed by atoms with van der Waals surface area (Å²) in [6, 6.07) is 7.17. The van der Waals surface area contributed by atoms with Crippen molar-refractivity contribution in [2.75, 3.05) is 19.0 Å². The Morgan fingerprint density at radius 3 is 2.70 bits per heavy atom. The Morgan fingerprint density at radius 2 is 2.10 bits per heavy atom. The van der Waals surface area contributed by atoms with Crippen LogP contribution in [0.25, 0.3) is 0 Å². The molecule has 20 heavy (non-hydrogen) atoms. The van der Waals surface area contributed by atoms with E-state index in [9.17, 15) is 14.7 Å². The van der Waals surface area contributed by atoms with Crippen LogP contribution in [0, 0.1) is 0 Å². The topological polar surface area (TPSA) is 75.6 Å². The van der Waals surface area contributed by atoms with Gasteiger partial charge in [0.15, 0.2) is 0 Å². The number of carbonyl (C=O) groups is 2. The Morgan fingerprint density at radius 1 is 1.40 bits per heavy atom. The number of para-hydroxylation sites is 1. The smallest absolute Gasteiger partial charge is 0.316 e. The number of nitrogens with one attached hydrogen (secondary N) is 1. The fourth-order valence-corrected chi connectivity index (χ4v) is 2.80. The number of hydrogen-bond acceptors (Lipinski definition) is 4. The van der Waals surface area contributed by atoms with E-state index in [4.69, 9.17) is 4.74 Å². The Kier molecular flexibility index (Phi) is 7.11. The van der Waals surface area contributed by atoms with Gasteiger partial charge in [-0.05, 0) is 18.6 Å². The van der Waals surface area contributed by atoms with Gasteiger partial charge in [-0.15, -0.1) is 11.8 Å². The maximum atomic E-state index is 11.5. The maximum Gasteiger partial charge on any atom is 0.316 e. The third-order valence-electron chi connectivity index (χ3n) is 2.53. The van der Waals surface area contributed by atoms with Crippen LogP contribution in [0.4, 0.5) is 5.69 Å². The summed E-state index contributed by atoms with van der Waals surface area (Å²) in [5.74, 6) is -1.10. The Bertz CT molecular complexity index is 464. The van der Waals surface area contributed by atoms with Crippen molar-refractivity contribution in [1.82, 2.24) is 0 Å². The molecular formula is C14H19NO4S. The van der Waals surface area contributed by atoms with Gasteiger partial charge in [0.1, 0.15) is 11.9 Å². The van der Waals surface area contributed by atoms with Gasteiger partial charge in [-0.1, -0.05) is 25.5 Å². The summed E-state index contributed by atoms with van der Waals surface area (Å²) < 4.78 is 4.76. The summed E-state index contributed by atoms with van der Waals surface area (Å²) in [6.07, 6.45) is 1.38. The number of thioether (sulfide) groups is 1. The second-order valence-electron chi connectivity index (χ2n) is 4.21. The fourth-order valence-electron chi connectivity index (χ4n) is 1.64. The molecule has 1 aromatic rings. The van der Waals surface area contributed by atoms with Crippen molar-refractivity contribution >= 4 is 29.3 Å². The van der Waals surface area contributed by atoms with Gasteiger partial charge in [-0.25, -0.2) is 0 Å². The van der Waals surface area contributed by atoms with Crippen LogP contribution < -0.4 is 5.32 Å². The molecule has 1 atom stereocenters. The van der Waals surface area contributed by atoms with Crippen molar-refractivity contribution in [3.8, 4) is 0 Å². The molecule has 0 saturated carbocycles. The highest BCUT2D eigenvalue weighted by Gasteiger charge is 2.19. The first-order valence-electron chi connectivity index (χ1n) is 6.35. The average molecular weight is 297 g/mol. The molecule has 0 aromatic heterocycles. The molecule has 6 heteroatoms. The first kappa shape index (κ1) is 16.5. The number of hydrogen-bond donors (Lipinski definition) is 2. The lowest BCUT2D eigenvalue weighted by atomic mass is 10.2. The number of anilines is 1. The van der Waals surface area contributed by atoms with Gasteiger partial charge >= 0.3 is 5.97 Å². The highest BCUT2D eigenvalue weighted by atomic mass is 32.2. The van der Waals surface area contributed by atoms with Gasteiger partial charge in [0.05, 0.1) is 5.69 Å². The molecule has 1 amide bonds. The van der Waals surface area contributed by atoms with Crippen molar-refractivity contribution < 1.29 is 19.4 Å². The molecule has 0 aliphatic carbocycles. The quantitative estimate of drug-likeness (QED) is 0.721. The predicted octanol–water partition coefficient (Wildman–Crippen LogP) is 2.62. The largest absolute Gasteiger partial charge is 0.480 e. The summed E-state index contributed by atoms with van der Waals surface area (Å²) in [5.41, 5.74) is 0.613. The third-order valence-corrected chi connectivity index (χ3v) is 3.86. The third kappa shape index (κ3) is 5.22. The maximum absolute atomic E-state index is 11.5. The summed E-state index contributed by atoms with van der Waals surface area (Å²) in [7, 11) is 1.45. The van der Waals surface area contributed by atoms with Crippen LogP contribution in [-0.2, 0) is 14.3 Å². The van der Waals surface area contributed by atoms with E-state index in [1.54, 1.807) is 18.2 Å². The molecule has 5 nitrogen and oxygen atoms in total. The molecule has 110 valence electrons. The van der Waals surface area contributed by atoms with Crippen LogP contribution >= 0.6 is 11.8 Å². The van der Waals surface area contributed by atoms with Gasteiger partial charge in [-0.3, -0.25) is 9.59 Å². The molecule has 1 rings (SSSR count). The zero-order chi connectivity index (χ0) is 15.0. The Hall–Kier alpha value is -1.53. The molecule has 0 spiro atoms. The highest BCUT2D eigenvalue weighted by molar-refractivity contribution is 8.00. The number of methoxy groups -OCH3 is 1. The van der Waals surface area contributed by atoms with Crippen LogP contribution in [0.3, 0.4) is 0 Å². The predicted molar refractivity (Wildman–Crippen MR) is 79.1 cm³/mol. The van der Waals surface area contributed by atoms with Gasteiger partial charge < -0.3 is 15.2 Å². The van der Waals surface area contributed by atoms with Crippen LogP contribution in [-0.4, -0.2) is 35.9 Å². The summed E-state index contributed by atoms with van der Waals surface area (Å²) in [5, 5.41) is 11.4. The van der Waals surface area contributed by atoms with E-state index in [0.717, 1.165) is 11.3 Å². The van der Waals surface area contributed by atoms with E-state index in [2.05, 4.69) is 5.32 Å². The monoisotopic (exact) mass is 297 g/mol. The van der Waals surface area contributed by atoms with Crippen LogP contribution in [0.1, 0.15) is 19.8 Å². The second kappa shape index (κ2) is 8.60. The summed E-state index contributed by atoms with van der Waals surface area (Å²) in [6.45, 7) is 1.92. The highest BCUT2D eigenvalue weighted by Crippen LogP contribution is 2.32. The molecule has 0 saturated heterocycles. The second-order valence-corrected chi connectivity index (χ2v) is 5.46. The SMILES string of the molecule is CCC[C@@H](Sc1ccccc1NC(=O)COC)C(=O)O. The number of carbonyl (C=O) groups excluding carboxylic acids is 1. The lowest BCUT2D eigenvalue weighted by Crippen LogP contribution is -2.19.